The van der Waals surface area contributed by atoms with Gasteiger partial charge in [-0.1, -0.05) is 12.1 Å². The second kappa shape index (κ2) is 9.09. The lowest BCUT2D eigenvalue weighted by Crippen LogP contribution is -2.19. The molecule has 1 aliphatic rings. The average Bonchev–Trinajstić information content (AvgIpc) is 3.07. The molecule has 2 aromatic rings. The van der Waals surface area contributed by atoms with Gasteiger partial charge in [-0.3, -0.25) is 10.1 Å². The van der Waals surface area contributed by atoms with Gasteiger partial charge in [0.2, 0.25) is 0 Å². The molecule has 0 aliphatic carbocycles. The third kappa shape index (κ3) is 4.72. The lowest BCUT2D eigenvalue weighted by atomic mass is 10.2. The van der Waals surface area contributed by atoms with Crippen LogP contribution in [0.4, 0.5) is 0 Å². The number of ether oxygens (including phenoxy) is 3. The normalized spacial score (nSPS) is 16.6. The number of methoxy groups -OCH3 is 3. The maximum absolute atomic E-state index is 12.1. The Labute approximate surface area is 167 Å². The van der Waals surface area contributed by atoms with Gasteiger partial charge in [0.15, 0.2) is 5.17 Å². The number of amidine groups is 1. The molecule has 7 nitrogen and oxygen atoms in total. The number of benzene rings is 2. The summed E-state index contributed by atoms with van der Waals surface area (Å²) < 4.78 is 15.6. The summed E-state index contributed by atoms with van der Waals surface area (Å²) in [5, 5.41) is 11.2. The number of hydrogen-bond acceptors (Lipinski definition) is 7. The van der Waals surface area contributed by atoms with Crippen LogP contribution in [0, 0.1) is 0 Å². The zero-order valence-electron chi connectivity index (χ0n) is 15.6. The van der Waals surface area contributed by atoms with Crippen LogP contribution in [0.5, 0.6) is 17.2 Å². The van der Waals surface area contributed by atoms with E-state index in [4.69, 9.17) is 14.2 Å². The first-order valence-corrected chi connectivity index (χ1v) is 9.12. The van der Waals surface area contributed by atoms with Crippen LogP contribution in [0.2, 0.25) is 0 Å². The Morgan fingerprint density at radius 3 is 2.36 bits per heavy atom. The summed E-state index contributed by atoms with van der Waals surface area (Å²) in [5.74, 6) is 1.85. The Balaban J connectivity index is 1.71. The summed E-state index contributed by atoms with van der Waals surface area (Å²) in [5.41, 5.74) is 1.64. The number of nitrogens with one attached hydrogen (secondary N) is 1. The van der Waals surface area contributed by atoms with Gasteiger partial charge in [-0.25, -0.2) is 0 Å². The molecule has 1 N–H and O–H groups in total. The first-order valence-electron chi connectivity index (χ1n) is 8.31. The standard InChI is InChI=1S/C20H19N3O4S/c1-25-15-7-4-13(5-8-15)10-18-19(24)22-20(28-18)23-21-12-14-6-9-16(26-2)11-17(14)27-3/h4-12H,1-3H3,(H,22,23,24). The summed E-state index contributed by atoms with van der Waals surface area (Å²) in [6.07, 6.45) is 3.35. The minimum atomic E-state index is -0.211. The van der Waals surface area contributed by atoms with E-state index in [1.807, 2.05) is 30.3 Å². The summed E-state index contributed by atoms with van der Waals surface area (Å²) in [7, 11) is 4.77. The molecule has 1 fully saturated rings. The molecular weight excluding hydrogens is 378 g/mol. The largest absolute Gasteiger partial charge is 0.497 e. The van der Waals surface area contributed by atoms with Crippen LogP contribution in [0.1, 0.15) is 11.1 Å². The van der Waals surface area contributed by atoms with E-state index in [0.717, 1.165) is 16.9 Å². The predicted octanol–water partition coefficient (Wildman–Crippen LogP) is 3.31. The van der Waals surface area contributed by atoms with Crippen molar-refractivity contribution in [1.82, 2.24) is 5.32 Å². The Bertz CT molecular complexity index is 952. The predicted molar refractivity (Wildman–Crippen MR) is 111 cm³/mol. The maximum Gasteiger partial charge on any atom is 0.264 e. The first-order chi connectivity index (χ1) is 13.6. The third-order valence-corrected chi connectivity index (χ3v) is 4.75. The second-order valence-electron chi connectivity index (χ2n) is 5.60. The molecule has 0 unspecified atom stereocenters. The molecule has 1 saturated heterocycles. The van der Waals surface area contributed by atoms with Crippen LogP contribution < -0.4 is 19.5 Å². The van der Waals surface area contributed by atoms with Crippen molar-refractivity contribution in [2.75, 3.05) is 21.3 Å². The van der Waals surface area contributed by atoms with Gasteiger partial charge in [-0.05, 0) is 47.7 Å². The zero-order chi connectivity index (χ0) is 19.9. The van der Waals surface area contributed by atoms with Crippen LogP contribution in [0.15, 0.2) is 57.6 Å². The number of amides is 1. The summed E-state index contributed by atoms with van der Waals surface area (Å²) >= 11 is 1.23. The van der Waals surface area contributed by atoms with Crippen molar-refractivity contribution < 1.29 is 19.0 Å². The van der Waals surface area contributed by atoms with E-state index >= 15 is 0 Å². The van der Waals surface area contributed by atoms with Gasteiger partial charge in [-0.2, -0.15) is 5.10 Å². The van der Waals surface area contributed by atoms with E-state index in [-0.39, 0.29) is 5.91 Å². The van der Waals surface area contributed by atoms with Crippen molar-refractivity contribution in [3.05, 3.63) is 58.5 Å². The molecule has 8 heteroatoms. The Hall–Kier alpha value is -3.26. The number of rotatable bonds is 6. The molecule has 1 heterocycles. The number of carbonyl (C=O) groups excluding carboxylic acids is 1. The molecule has 0 bridgehead atoms. The van der Waals surface area contributed by atoms with Crippen molar-refractivity contribution in [2.24, 2.45) is 10.2 Å². The first kappa shape index (κ1) is 19.5. The van der Waals surface area contributed by atoms with Gasteiger partial charge < -0.3 is 14.2 Å². The van der Waals surface area contributed by atoms with Crippen molar-refractivity contribution in [2.45, 2.75) is 0 Å². The second-order valence-corrected chi connectivity index (χ2v) is 6.63. The number of carbonyl (C=O) groups is 1. The van der Waals surface area contributed by atoms with Crippen molar-refractivity contribution in [3.8, 4) is 17.2 Å². The molecule has 144 valence electrons. The van der Waals surface area contributed by atoms with Crippen LogP contribution in [0.25, 0.3) is 6.08 Å². The molecule has 0 spiro atoms. The molecular formula is C20H19N3O4S. The lowest BCUT2D eigenvalue weighted by molar-refractivity contribution is -0.115. The molecule has 0 atom stereocenters. The van der Waals surface area contributed by atoms with Gasteiger partial charge in [-0.15, -0.1) is 5.10 Å². The van der Waals surface area contributed by atoms with Gasteiger partial charge >= 0.3 is 0 Å². The fourth-order valence-electron chi connectivity index (χ4n) is 2.40. The SMILES string of the molecule is COc1ccc(C=C2SC(=NN=Cc3ccc(OC)cc3OC)NC2=O)cc1. The molecule has 2 aromatic carbocycles. The molecule has 1 aliphatic heterocycles. The average molecular weight is 397 g/mol. The van der Waals surface area contributed by atoms with Gasteiger partial charge in [0.1, 0.15) is 17.2 Å². The molecule has 1 amide bonds. The molecule has 0 aromatic heterocycles. The van der Waals surface area contributed by atoms with E-state index < -0.39 is 0 Å². The van der Waals surface area contributed by atoms with Crippen LogP contribution >= 0.6 is 11.8 Å². The highest BCUT2D eigenvalue weighted by Crippen LogP contribution is 2.27. The van der Waals surface area contributed by atoms with Crippen molar-refractivity contribution in [3.63, 3.8) is 0 Å². The Morgan fingerprint density at radius 2 is 1.68 bits per heavy atom. The topological polar surface area (TPSA) is 81.5 Å². The van der Waals surface area contributed by atoms with Crippen LogP contribution in [0.3, 0.4) is 0 Å². The van der Waals surface area contributed by atoms with E-state index in [1.54, 1.807) is 45.8 Å². The molecule has 3 rings (SSSR count). The van der Waals surface area contributed by atoms with Crippen LogP contribution in [-0.4, -0.2) is 38.6 Å². The maximum atomic E-state index is 12.1. The Kier molecular flexibility index (Phi) is 6.33. The lowest BCUT2D eigenvalue weighted by Gasteiger charge is -2.06. The van der Waals surface area contributed by atoms with Crippen molar-refractivity contribution in [1.29, 1.82) is 0 Å². The summed E-state index contributed by atoms with van der Waals surface area (Å²) in [6.45, 7) is 0. The molecule has 0 saturated carbocycles. The van der Waals surface area contributed by atoms with Crippen LogP contribution in [-0.2, 0) is 4.79 Å². The highest BCUT2D eigenvalue weighted by atomic mass is 32.2. The number of thioether (sulfide) groups is 1. The zero-order valence-corrected chi connectivity index (χ0v) is 16.4. The molecule has 28 heavy (non-hydrogen) atoms. The highest BCUT2D eigenvalue weighted by Gasteiger charge is 2.23. The van der Waals surface area contributed by atoms with Crippen molar-refractivity contribution >= 4 is 35.1 Å². The minimum absolute atomic E-state index is 0.211. The van der Waals surface area contributed by atoms with Gasteiger partial charge in [0, 0.05) is 11.6 Å². The summed E-state index contributed by atoms with van der Waals surface area (Å²) in [6, 6.07) is 12.8. The van der Waals surface area contributed by atoms with E-state index in [9.17, 15) is 4.79 Å². The third-order valence-electron chi connectivity index (χ3n) is 3.85. The fourth-order valence-corrected chi connectivity index (χ4v) is 3.17. The molecule has 0 radical (unpaired) electrons. The number of nitrogens with zero attached hydrogens (tertiary/aromatic N) is 2. The highest BCUT2D eigenvalue weighted by molar-refractivity contribution is 8.18. The van der Waals surface area contributed by atoms with E-state index in [0.29, 0.717) is 21.6 Å². The summed E-state index contributed by atoms with van der Waals surface area (Å²) in [4.78, 5) is 12.7. The van der Waals surface area contributed by atoms with E-state index in [2.05, 4.69) is 15.5 Å². The fraction of sp³-hybridized carbons (Fsp3) is 0.150. The van der Waals surface area contributed by atoms with Gasteiger partial charge in [0.25, 0.3) is 5.91 Å². The quantitative estimate of drug-likeness (QED) is 0.459. The minimum Gasteiger partial charge on any atom is -0.497 e. The Morgan fingerprint density at radius 1 is 0.964 bits per heavy atom. The smallest absolute Gasteiger partial charge is 0.264 e. The van der Waals surface area contributed by atoms with Gasteiger partial charge in [0.05, 0.1) is 32.4 Å². The van der Waals surface area contributed by atoms with E-state index in [1.165, 1.54) is 11.8 Å². The monoisotopic (exact) mass is 397 g/mol. The number of hydrogen-bond donors (Lipinski definition) is 1.